The van der Waals surface area contributed by atoms with E-state index in [1.165, 1.54) is 19.3 Å². The maximum absolute atomic E-state index is 5.91. The van der Waals surface area contributed by atoms with E-state index >= 15 is 0 Å². The van der Waals surface area contributed by atoms with Crippen molar-refractivity contribution in [1.82, 2.24) is 10.6 Å². The van der Waals surface area contributed by atoms with E-state index in [9.17, 15) is 0 Å². The summed E-state index contributed by atoms with van der Waals surface area (Å²) in [6.45, 7) is 8.84. The first-order valence-electron chi connectivity index (χ1n) is 8.54. The van der Waals surface area contributed by atoms with Gasteiger partial charge in [0.15, 0.2) is 5.96 Å². The maximum Gasteiger partial charge on any atom is 0.191 e. The van der Waals surface area contributed by atoms with Crippen molar-refractivity contribution in [2.75, 3.05) is 19.7 Å². The lowest BCUT2D eigenvalue weighted by Crippen LogP contribution is -2.68. The summed E-state index contributed by atoms with van der Waals surface area (Å²) in [7, 11) is 0. The molecule has 0 heterocycles. The Balaban J connectivity index is 0.00000242. The third kappa shape index (κ3) is 4.37. The van der Waals surface area contributed by atoms with E-state index in [0.717, 1.165) is 38.5 Å². The molecule has 128 valence electrons. The molecule has 2 atom stereocenters. The molecule has 2 unspecified atom stereocenters. The topological polar surface area (TPSA) is 45.7 Å². The first-order valence-corrected chi connectivity index (χ1v) is 8.54. The Morgan fingerprint density at radius 1 is 1.36 bits per heavy atom. The van der Waals surface area contributed by atoms with Crippen LogP contribution in [0, 0.1) is 5.41 Å². The van der Waals surface area contributed by atoms with Gasteiger partial charge in [0.05, 0.1) is 6.10 Å². The number of nitrogens with zero attached hydrogens (tertiary/aromatic N) is 1. The number of allylic oxidation sites excluding steroid dienone is 1. The molecule has 2 rings (SSSR count). The van der Waals surface area contributed by atoms with Crippen molar-refractivity contribution in [2.24, 2.45) is 10.4 Å². The summed E-state index contributed by atoms with van der Waals surface area (Å²) in [4.78, 5) is 4.67. The number of ether oxygens (including phenoxy) is 1. The first kappa shape index (κ1) is 19.7. The summed E-state index contributed by atoms with van der Waals surface area (Å²) in [5.41, 5.74) is 0.384. The molecule has 0 aromatic heterocycles. The van der Waals surface area contributed by atoms with Crippen molar-refractivity contribution in [3.63, 3.8) is 0 Å². The number of aliphatic imine (C=N–C) groups is 1. The van der Waals surface area contributed by atoms with E-state index in [2.05, 4.69) is 48.5 Å². The average Bonchev–Trinajstić information content (AvgIpc) is 2.40. The van der Waals surface area contributed by atoms with Crippen LogP contribution in [0.25, 0.3) is 0 Å². The van der Waals surface area contributed by atoms with Gasteiger partial charge in [0.25, 0.3) is 0 Å². The zero-order valence-corrected chi connectivity index (χ0v) is 16.6. The monoisotopic (exact) mass is 421 g/mol. The fourth-order valence-electron chi connectivity index (χ4n) is 3.54. The van der Waals surface area contributed by atoms with E-state index < -0.39 is 0 Å². The molecule has 0 aromatic carbocycles. The van der Waals surface area contributed by atoms with Gasteiger partial charge in [-0.3, -0.25) is 4.99 Å². The lowest BCUT2D eigenvalue weighted by atomic mass is 9.51. The van der Waals surface area contributed by atoms with Crippen LogP contribution in [0.1, 0.15) is 52.9 Å². The van der Waals surface area contributed by atoms with E-state index in [0.29, 0.717) is 17.6 Å². The highest BCUT2D eigenvalue weighted by molar-refractivity contribution is 14.0. The molecule has 4 nitrogen and oxygen atoms in total. The quantitative estimate of drug-likeness (QED) is 0.218. The van der Waals surface area contributed by atoms with Gasteiger partial charge < -0.3 is 15.4 Å². The second-order valence-electron chi connectivity index (χ2n) is 6.08. The minimum absolute atomic E-state index is 0. The smallest absolute Gasteiger partial charge is 0.191 e. The molecular formula is C17H32IN3O. The van der Waals surface area contributed by atoms with Crippen molar-refractivity contribution < 1.29 is 4.74 Å². The summed E-state index contributed by atoms with van der Waals surface area (Å²) in [6, 6.07) is 0.530. The molecule has 0 saturated heterocycles. The van der Waals surface area contributed by atoms with E-state index in [1.54, 1.807) is 0 Å². The second-order valence-corrected chi connectivity index (χ2v) is 6.08. The molecule has 22 heavy (non-hydrogen) atoms. The number of rotatable bonds is 7. The molecule has 5 heteroatoms. The molecule has 2 aliphatic carbocycles. The summed E-state index contributed by atoms with van der Waals surface area (Å²) in [6.07, 6.45) is 10.8. The van der Waals surface area contributed by atoms with Crippen LogP contribution < -0.4 is 10.6 Å². The van der Waals surface area contributed by atoms with Crippen molar-refractivity contribution >= 4 is 29.9 Å². The van der Waals surface area contributed by atoms with Gasteiger partial charge in [-0.25, -0.2) is 0 Å². The lowest BCUT2D eigenvalue weighted by Gasteiger charge is -2.61. The minimum Gasteiger partial charge on any atom is -0.378 e. The Hall–Kier alpha value is -0.300. The molecule has 2 N–H and O–H groups in total. The third-order valence-corrected chi connectivity index (χ3v) is 4.89. The summed E-state index contributed by atoms with van der Waals surface area (Å²) in [5.74, 6) is 0.966. The molecule has 0 radical (unpaired) electrons. The van der Waals surface area contributed by atoms with E-state index in [-0.39, 0.29) is 24.0 Å². The Morgan fingerprint density at radius 3 is 2.68 bits per heavy atom. The van der Waals surface area contributed by atoms with Gasteiger partial charge in [0.1, 0.15) is 0 Å². The third-order valence-electron chi connectivity index (χ3n) is 4.89. The normalized spacial score (nSPS) is 26.2. The predicted molar refractivity (Wildman–Crippen MR) is 104 cm³/mol. The first-order chi connectivity index (χ1) is 10.3. The second kappa shape index (κ2) is 9.75. The van der Waals surface area contributed by atoms with Gasteiger partial charge in [0.2, 0.25) is 0 Å². The maximum atomic E-state index is 5.91. The molecule has 0 aliphatic heterocycles. The largest absolute Gasteiger partial charge is 0.378 e. The fraction of sp³-hybridized carbons (Fsp3) is 0.824. The lowest BCUT2D eigenvalue weighted by molar-refractivity contribution is -0.168. The summed E-state index contributed by atoms with van der Waals surface area (Å²) in [5, 5.41) is 7.01. The zero-order chi connectivity index (χ0) is 15.1. The summed E-state index contributed by atoms with van der Waals surface area (Å²) < 4.78 is 5.91. The van der Waals surface area contributed by atoms with Gasteiger partial charge in [0, 0.05) is 31.2 Å². The highest BCUT2D eigenvalue weighted by Crippen LogP contribution is 2.57. The van der Waals surface area contributed by atoms with Crippen LogP contribution in [0.15, 0.2) is 17.1 Å². The molecule has 2 aliphatic rings. The van der Waals surface area contributed by atoms with E-state index in [1.807, 2.05) is 0 Å². The number of hydrogen-bond acceptors (Lipinski definition) is 2. The van der Waals surface area contributed by atoms with Crippen molar-refractivity contribution in [2.45, 2.75) is 65.0 Å². The number of hydrogen-bond donors (Lipinski definition) is 2. The molecule has 2 saturated carbocycles. The minimum atomic E-state index is 0. The van der Waals surface area contributed by atoms with Crippen LogP contribution in [0.2, 0.25) is 0 Å². The van der Waals surface area contributed by atoms with Gasteiger partial charge >= 0.3 is 0 Å². The number of halogens is 1. The highest BCUT2D eigenvalue weighted by atomic mass is 127. The molecule has 0 aromatic rings. The zero-order valence-electron chi connectivity index (χ0n) is 14.2. The van der Waals surface area contributed by atoms with Crippen molar-refractivity contribution in [1.29, 1.82) is 0 Å². The molecule has 1 spiro atoms. The van der Waals surface area contributed by atoms with Crippen molar-refractivity contribution in [3.05, 3.63) is 12.2 Å². The van der Waals surface area contributed by atoms with Gasteiger partial charge in [-0.05, 0) is 46.5 Å². The summed E-state index contributed by atoms with van der Waals surface area (Å²) >= 11 is 0. The van der Waals surface area contributed by atoms with Crippen LogP contribution in [-0.4, -0.2) is 37.8 Å². The highest BCUT2D eigenvalue weighted by Gasteiger charge is 2.59. The Kier molecular flexibility index (Phi) is 8.75. The Morgan fingerprint density at radius 2 is 2.14 bits per heavy atom. The van der Waals surface area contributed by atoms with Gasteiger partial charge in [-0.2, -0.15) is 0 Å². The van der Waals surface area contributed by atoms with Crippen molar-refractivity contribution in [3.8, 4) is 0 Å². The standard InChI is InChI=1S/C17H31N3O.HI/c1-4-7-8-12-19-16(18-5-2)20-14-13-15(21-6-3)17(14)10-9-11-17;/h4,7,14-15H,5-6,8-13H2,1-3H3,(H2,18,19,20);1H/b7-4+;. The average molecular weight is 421 g/mol. The number of nitrogens with one attached hydrogen (secondary N) is 2. The van der Waals surface area contributed by atoms with Crippen LogP contribution >= 0.6 is 24.0 Å². The van der Waals surface area contributed by atoms with Gasteiger partial charge in [-0.1, -0.05) is 18.6 Å². The molecule has 2 fully saturated rings. The number of guanidine groups is 1. The SMILES string of the molecule is C/C=C/CCN=C(NCC)NC1CC(OCC)C12CCC2.I. The predicted octanol–water partition coefficient (Wildman–Crippen LogP) is 3.47. The van der Waals surface area contributed by atoms with Crippen LogP contribution in [0.3, 0.4) is 0 Å². The fourth-order valence-corrected chi connectivity index (χ4v) is 3.54. The molecule has 0 bridgehead atoms. The molecular weight excluding hydrogens is 389 g/mol. The molecule has 0 amide bonds. The Bertz CT molecular complexity index is 380. The van der Waals surface area contributed by atoms with Crippen LogP contribution in [-0.2, 0) is 4.74 Å². The van der Waals surface area contributed by atoms with Crippen LogP contribution in [0.5, 0.6) is 0 Å². The van der Waals surface area contributed by atoms with E-state index in [4.69, 9.17) is 4.74 Å². The van der Waals surface area contributed by atoms with Gasteiger partial charge in [-0.15, -0.1) is 24.0 Å². The van der Waals surface area contributed by atoms with Crippen LogP contribution in [0.4, 0.5) is 0 Å². The Labute approximate surface area is 152 Å².